The summed E-state index contributed by atoms with van der Waals surface area (Å²) < 4.78 is 0. The Morgan fingerprint density at radius 2 is 1.67 bits per heavy atom. The monoisotopic (exact) mass is 239 g/mol. The Kier molecular flexibility index (Phi) is 4.16. The van der Waals surface area contributed by atoms with E-state index in [1.54, 1.807) is 0 Å². The van der Waals surface area contributed by atoms with Gasteiger partial charge in [-0.25, -0.2) is 0 Å². The Morgan fingerprint density at radius 3 is 2.33 bits per heavy atom. The summed E-state index contributed by atoms with van der Waals surface area (Å²) >= 11 is 0. The van der Waals surface area contributed by atoms with Crippen molar-refractivity contribution in [2.45, 2.75) is 32.7 Å². The molecule has 0 radical (unpaired) electrons. The minimum atomic E-state index is 0.129. The Morgan fingerprint density at radius 1 is 0.944 bits per heavy atom. The van der Waals surface area contributed by atoms with Crippen molar-refractivity contribution < 1.29 is 0 Å². The van der Waals surface area contributed by atoms with Gasteiger partial charge in [0.25, 0.3) is 0 Å². The van der Waals surface area contributed by atoms with E-state index < -0.39 is 0 Å². The van der Waals surface area contributed by atoms with E-state index in [-0.39, 0.29) is 6.04 Å². The molecule has 1 unspecified atom stereocenters. The van der Waals surface area contributed by atoms with E-state index in [9.17, 15) is 0 Å². The first-order valence-corrected chi connectivity index (χ1v) is 6.53. The molecule has 0 amide bonds. The van der Waals surface area contributed by atoms with Gasteiger partial charge < -0.3 is 5.73 Å². The molecule has 0 aliphatic heterocycles. The lowest BCUT2D eigenvalue weighted by atomic mass is 9.97. The number of rotatable bonds is 4. The molecule has 18 heavy (non-hydrogen) atoms. The van der Waals surface area contributed by atoms with Gasteiger partial charge in [-0.1, -0.05) is 48.5 Å². The van der Waals surface area contributed by atoms with Gasteiger partial charge >= 0.3 is 0 Å². The Balaban J connectivity index is 1.99. The lowest BCUT2D eigenvalue weighted by Gasteiger charge is -2.13. The fraction of sp³-hybridized carbons (Fsp3) is 0.294. The van der Waals surface area contributed by atoms with E-state index >= 15 is 0 Å². The molecule has 2 aromatic rings. The zero-order valence-corrected chi connectivity index (χ0v) is 11.2. The molecule has 2 rings (SSSR count). The number of nitrogens with two attached hydrogens (primary N) is 1. The molecule has 0 heterocycles. The molecule has 1 atom stereocenters. The highest BCUT2D eigenvalue weighted by molar-refractivity contribution is 5.31. The summed E-state index contributed by atoms with van der Waals surface area (Å²) in [5.41, 5.74) is 11.5. The highest BCUT2D eigenvalue weighted by Gasteiger charge is 2.07. The van der Waals surface area contributed by atoms with Crippen molar-refractivity contribution in [3.8, 4) is 0 Å². The number of aryl methyl sites for hydroxylation is 3. The van der Waals surface area contributed by atoms with Crippen molar-refractivity contribution in [1.29, 1.82) is 0 Å². The van der Waals surface area contributed by atoms with E-state index in [0.29, 0.717) is 0 Å². The third-order valence-corrected chi connectivity index (χ3v) is 3.55. The molecule has 0 saturated heterocycles. The average Bonchev–Trinajstić information content (AvgIpc) is 2.40. The first kappa shape index (κ1) is 12.8. The molecule has 0 bridgehead atoms. The zero-order chi connectivity index (χ0) is 13.0. The Bertz CT molecular complexity index is 502. The predicted octanol–water partition coefficient (Wildman–Crippen LogP) is 3.94. The van der Waals surface area contributed by atoms with Crippen molar-refractivity contribution in [3.05, 3.63) is 70.8 Å². The van der Waals surface area contributed by atoms with Crippen LogP contribution in [0.1, 0.15) is 34.7 Å². The third kappa shape index (κ3) is 3.21. The molecule has 94 valence electrons. The molecule has 0 fully saturated rings. The van der Waals surface area contributed by atoms with E-state index in [1.165, 1.54) is 22.3 Å². The minimum absolute atomic E-state index is 0.129. The minimum Gasteiger partial charge on any atom is -0.324 e. The summed E-state index contributed by atoms with van der Waals surface area (Å²) in [6.45, 7) is 4.28. The van der Waals surface area contributed by atoms with Crippen LogP contribution in [0.15, 0.2) is 48.5 Å². The second kappa shape index (κ2) is 5.83. The largest absolute Gasteiger partial charge is 0.324 e. The topological polar surface area (TPSA) is 26.0 Å². The first-order chi connectivity index (χ1) is 8.66. The van der Waals surface area contributed by atoms with Gasteiger partial charge in [-0.05, 0) is 48.9 Å². The van der Waals surface area contributed by atoms with Crippen molar-refractivity contribution in [1.82, 2.24) is 0 Å². The molecular weight excluding hydrogens is 218 g/mol. The van der Waals surface area contributed by atoms with Gasteiger partial charge in [0.2, 0.25) is 0 Å². The van der Waals surface area contributed by atoms with E-state index in [1.807, 2.05) is 6.07 Å². The molecule has 0 aliphatic rings. The molecular formula is C17H21N. The number of hydrogen-bond donors (Lipinski definition) is 1. The maximum absolute atomic E-state index is 6.26. The van der Waals surface area contributed by atoms with Crippen LogP contribution in [-0.4, -0.2) is 0 Å². The summed E-state index contributed by atoms with van der Waals surface area (Å²) in [4.78, 5) is 0. The van der Waals surface area contributed by atoms with Gasteiger partial charge in [-0.2, -0.15) is 0 Å². The lowest BCUT2D eigenvalue weighted by Crippen LogP contribution is -2.11. The fourth-order valence-corrected chi connectivity index (χ4v) is 2.13. The molecule has 1 nitrogen and oxygen atoms in total. The quantitative estimate of drug-likeness (QED) is 0.859. The van der Waals surface area contributed by atoms with Crippen LogP contribution < -0.4 is 5.73 Å². The number of benzene rings is 2. The molecule has 2 N–H and O–H groups in total. The van der Waals surface area contributed by atoms with Crippen molar-refractivity contribution in [2.75, 3.05) is 0 Å². The highest BCUT2D eigenvalue weighted by atomic mass is 14.6. The van der Waals surface area contributed by atoms with Crippen molar-refractivity contribution in [3.63, 3.8) is 0 Å². The van der Waals surface area contributed by atoms with Crippen LogP contribution in [-0.2, 0) is 6.42 Å². The smallest absolute Gasteiger partial charge is 0.0298 e. The van der Waals surface area contributed by atoms with Gasteiger partial charge in [0.1, 0.15) is 0 Å². The van der Waals surface area contributed by atoms with Crippen LogP contribution in [0.25, 0.3) is 0 Å². The summed E-state index contributed by atoms with van der Waals surface area (Å²) in [5, 5.41) is 0. The summed E-state index contributed by atoms with van der Waals surface area (Å²) in [5.74, 6) is 0. The predicted molar refractivity (Wildman–Crippen MR) is 77.6 cm³/mol. The second-order valence-corrected chi connectivity index (χ2v) is 4.97. The van der Waals surface area contributed by atoms with E-state index in [0.717, 1.165) is 12.8 Å². The lowest BCUT2D eigenvalue weighted by molar-refractivity contribution is 0.651. The Hall–Kier alpha value is -1.60. The van der Waals surface area contributed by atoms with Crippen LogP contribution in [0.2, 0.25) is 0 Å². The van der Waals surface area contributed by atoms with Gasteiger partial charge in [-0.3, -0.25) is 0 Å². The van der Waals surface area contributed by atoms with Crippen LogP contribution in [0.4, 0.5) is 0 Å². The molecule has 0 aliphatic carbocycles. The molecule has 1 heteroatoms. The zero-order valence-electron chi connectivity index (χ0n) is 11.2. The maximum Gasteiger partial charge on any atom is 0.0298 e. The van der Waals surface area contributed by atoms with Gasteiger partial charge in [0.05, 0.1) is 0 Å². The normalized spacial score (nSPS) is 12.4. The summed E-state index contributed by atoms with van der Waals surface area (Å²) in [6, 6.07) is 17.2. The molecule has 0 saturated carbocycles. The van der Waals surface area contributed by atoms with Crippen LogP contribution in [0.3, 0.4) is 0 Å². The third-order valence-electron chi connectivity index (χ3n) is 3.55. The summed E-state index contributed by atoms with van der Waals surface area (Å²) in [7, 11) is 0. The SMILES string of the molecule is Cc1ccc(C(N)CCc2ccccc2)cc1C. The van der Waals surface area contributed by atoms with E-state index in [4.69, 9.17) is 5.73 Å². The molecule has 0 aromatic heterocycles. The van der Waals surface area contributed by atoms with Gasteiger partial charge in [-0.15, -0.1) is 0 Å². The van der Waals surface area contributed by atoms with Crippen molar-refractivity contribution in [2.24, 2.45) is 5.73 Å². The van der Waals surface area contributed by atoms with Gasteiger partial charge in [0.15, 0.2) is 0 Å². The Labute approximate surface area is 110 Å². The van der Waals surface area contributed by atoms with Crippen LogP contribution in [0, 0.1) is 13.8 Å². The fourth-order valence-electron chi connectivity index (χ4n) is 2.13. The van der Waals surface area contributed by atoms with Crippen molar-refractivity contribution >= 4 is 0 Å². The van der Waals surface area contributed by atoms with Crippen LogP contribution in [0.5, 0.6) is 0 Å². The first-order valence-electron chi connectivity index (χ1n) is 6.53. The van der Waals surface area contributed by atoms with E-state index in [2.05, 4.69) is 56.3 Å². The highest BCUT2D eigenvalue weighted by Crippen LogP contribution is 2.19. The van der Waals surface area contributed by atoms with Gasteiger partial charge in [0, 0.05) is 6.04 Å². The number of hydrogen-bond acceptors (Lipinski definition) is 1. The van der Waals surface area contributed by atoms with Crippen LogP contribution >= 0.6 is 0 Å². The second-order valence-electron chi connectivity index (χ2n) is 4.97. The standard InChI is InChI=1S/C17H21N/c1-13-8-10-16(12-14(13)2)17(18)11-9-15-6-4-3-5-7-15/h3-8,10,12,17H,9,11,18H2,1-2H3. The maximum atomic E-state index is 6.26. The molecule has 0 spiro atoms. The molecule has 2 aromatic carbocycles. The summed E-state index contributed by atoms with van der Waals surface area (Å²) in [6.07, 6.45) is 2.03. The average molecular weight is 239 g/mol.